The zero-order chi connectivity index (χ0) is 20.5. The first-order valence-corrected chi connectivity index (χ1v) is 10.7. The van der Waals surface area contributed by atoms with Crippen LogP contribution in [0.3, 0.4) is 0 Å². The van der Waals surface area contributed by atoms with Gasteiger partial charge in [-0.05, 0) is 47.2 Å². The lowest BCUT2D eigenvalue weighted by Gasteiger charge is -2.09. The van der Waals surface area contributed by atoms with E-state index in [4.69, 9.17) is 0 Å². The molecule has 5 aromatic carbocycles. The third-order valence-corrected chi connectivity index (χ3v) is 6.72. The van der Waals surface area contributed by atoms with E-state index in [0.29, 0.717) is 0 Å². The number of rotatable bonds is 1. The number of nitrogens with zero attached hydrogens (tertiary/aromatic N) is 2. The number of aryl methyl sites for hydroxylation is 1. The summed E-state index contributed by atoms with van der Waals surface area (Å²) in [5, 5.41) is 7.81. The molecule has 0 aliphatic heterocycles. The van der Waals surface area contributed by atoms with Crippen LogP contribution in [-0.2, 0) is 7.05 Å². The van der Waals surface area contributed by atoms with Gasteiger partial charge in [0.1, 0.15) is 0 Å². The van der Waals surface area contributed by atoms with Crippen LogP contribution in [0.25, 0.3) is 60.1 Å². The van der Waals surface area contributed by atoms with E-state index in [9.17, 15) is 0 Å². The number of hydrogen-bond donors (Lipinski definition) is 0. The fraction of sp³-hybridized carbons (Fsp3) is 0.0345. The third kappa shape index (κ3) is 2.17. The van der Waals surface area contributed by atoms with E-state index >= 15 is 0 Å². The molecule has 2 heteroatoms. The van der Waals surface area contributed by atoms with Crippen LogP contribution in [-0.4, -0.2) is 9.13 Å². The van der Waals surface area contributed by atoms with E-state index in [1.165, 1.54) is 60.1 Å². The highest BCUT2D eigenvalue weighted by molar-refractivity contribution is 6.21. The molecule has 7 aromatic rings. The molecular weight excluding hydrogens is 376 g/mol. The van der Waals surface area contributed by atoms with Crippen LogP contribution in [0, 0.1) is 0 Å². The first kappa shape index (κ1) is 16.7. The second kappa shape index (κ2) is 5.99. The summed E-state index contributed by atoms with van der Waals surface area (Å²) in [6, 6.07) is 37.4. The minimum Gasteiger partial charge on any atom is -0.344 e. The summed E-state index contributed by atoms with van der Waals surface area (Å²) in [6.07, 6.45) is 0. The third-order valence-electron chi connectivity index (χ3n) is 6.72. The Bertz CT molecular complexity index is 1740. The number of hydrogen-bond acceptors (Lipinski definition) is 0. The Hall–Kier alpha value is -4.04. The van der Waals surface area contributed by atoms with Crippen molar-refractivity contribution in [3.63, 3.8) is 0 Å². The van der Waals surface area contributed by atoms with E-state index in [2.05, 4.69) is 119 Å². The van der Waals surface area contributed by atoms with Crippen molar-refractivity contribution in [3.05, 3.63) is 103 Å². The van der Waals surface area contributed by atoms with Crippen molar-refractivity contribution < 1.29 is 0 Å². The average Bonchev–Trinajstić information content (AvgIpc) is 3.31. The van der Waals surface area contributed by atoms with Gasteiger partial charge in [-0.25, -0.2) is 0 Å². The van der Waals surface area contributed by atoms with Gasteiger partial charge >= 0.3 is 0 Å². The SMILES string of the molecule is Cn1c2ccc(-n3c4ccccc4c4ccccc43)cc2c2c3ccccc3ccc21. The van der Waals surface area contributed by atoms with Crippen LogP contribution in [0.1, 0.15) is 0 Å². The van der Waals surface area contributed by atoms with Crippen molar-refractivity contribution in [2.45, 2.75) is 0 Å². The summed E-state index contributed by atoms with van der Waals surface area (Å²) in [5.74, 6) is 0. The van der Waals surface area contributed by atoms with Crippen LogP contribution in [0.5, 0.6) is 0 Å². The summed E-state index contributed by atoms with van der Waals surface area (Å²) < 4.78 is 4.71. The van der Waals surface area contributed by atoms with Gasteiger partial charge in [0, 0.05) is 45.3 Å². The summed E-state index contributed by atoms with van der Waals surface area (Å²) in [4.78, 5) is 0. The van der Waals surface area contributed by atoms with Gasteiger partial charge in [-0.15, -0.1) is 0 Å². The molecule has 0 bridgehead atoms. The summed E-state index contributed by atoms with van der Waals surface area (Å²) >= 11 is 0. The van der Waals surface area contributed by atoms with Crippen LogP contribution < -0.4 is 0 Å². The molecule has 2 nitrogen and oxygen atoms in total. The van der Waals surface area contributed by atoms with Crippen molar-refractivity contribution in [2.75, 3.05) is 0 Å². The van der Waals surface area contributed by atoms with Crippen LogP contribution >= 0.6 is 0 Å². The normalized spacial score (nSPS) is 12.0. The summed E-state index contributed by atoms with van der Waals surface area (Å²) in [6.45, 7) is 0. The van der Waals surface area contributed by atoms with Gasteiger partial charge in [0.15, 0.2) is 0 Å². The highest BCUT2D eigenvalue weighted by atomic mass is 15.0. The first-order chi connectivity index (χ1) is 15.3. The predicted molar refractivity (Wildman–Crippen MR) is 132 cm³/mol. The smallest absolute Gasteiger partial charge is 0.0541 e. The highest BCUT2D eigenvalue weighted by Crippen LogP contribution is 2.37. The Balaban J connectivity index is 1.65. The quantitative estimate of drug-likeness (QED) is 0.271. The molecule has 0 radical (unpaired) electrons. The monoisotopic (exact) mass is 396 g/mol. The lowest BCUT2D eigenvalue weighted by molar-refractivity contribution is 1.01. The standard InChI is InChI=1S/C29H20N2/c1-30-25-17-15-20(18-24(25)29-21-9-3-2-8-19(21)14-16-28(29)30)31-26-12-6-4-10-22(26)23-11-5-7-13-27(23)31/h2-18H,1H3. The van der Waals surface area contributed by atoms with Crippen molar-refractivity contribution >= 4 is 54.4 Å². The van der Waals surface area contributed by atoms with Crippen molar-refractivity contribution in [1.82, 2.24) is 9.13 Å². The second-order valence-electron chi connectivity index (χ2n) is 8.31. The highest BCUT2D eigenvalue weighted by Gasteiger charge is 2.15. The van der Waals surface area contributed by atoms with E-state index in [-0.39, 0.29) is 0 Å². The maximum atomic E-state index is 2.40. The van der Waals surface area contributed by atoms with Gasteiger partial charge in [-0.1, -0.05) is 66.7 Å². The zero-order valence-corrected chi connectivity index (χ0v) is 17.2. The fourth-order valence-electron chi connectivity index (χ4n) is 5.31. The Kier molecular flexibility index (Phi) is 3.23. The molecule has 2 aromatic heterocycles. The van der Waals surface area contributed by atoms with Gasteiger partial charge in [0.25, 0.3) is 0 Å². The van der Waals surface area contributed by atoms with Gasteiger partial charge in [-0.2, -0.15) is 0 Å². The maximum absolute atomic E-state index is 2.40. The van der Waals surface area contributed by atoms with Gasteiger partial charge in [-0.3, -0.25) is 0 Å². The molecule has 31 heavy (non-hydrogen) atoms. The van der Waals surface area contributed by atoms with Crippen LogP contribution in [0.4, 0.5) is 0 Å². The van der Waals surface area contributed by atoms with E-state index in [1.807, 2.05) is 0 Å². The summed E-state index contributed by atoms with van der Waals surface area (Å²) in [5.41, 5.74) is 6.22. The zero-order valence-electron chi connectivity index (χ0n) is 17.2. The molecule has 7 rings (SSSR count). The van der Waals surface area contributed by atoms with Crippen LogP contribution in [0.15, 0.2) is 103 Å². The molecule has 0 fully saturated rings. The largest absolute Gasteiger partial charge is 0.344 e. The Morgan fingerprint density at radius 3 is 1.84 bits per heavy atom. The molecule has 0 saturated carbocycles. The Labute approximate surface area is 179 Å². The second-order valence-corrected chi connectivity index (χ2v) is 8.31. The van der Waals surface area contributed by atoms with Gasteiger partial charge in [0.05, 0.1) is 11.0 Å². The van der Waals surface area contributed by atoms with Crippen molar-refractivity contribution in [1.29, 1.82) is 0 Å². The minimum atomic E-state index is 1.20. The molecule has 0 saturated heterocycles. The Morgan fingerprint density at radius 2 is 1.10 bits per heavy atom. The molecule has 0 N–H and O–H groups in total. The molecule has 146 valence electrons. The van der Waals surface area contributed by atoms with Gasteiger partial charge in [0.2, 0.25) is 0 Å². The topological polar surface area (TPSA) is 9.86 Å². The van der Waals surface area contributed by atoms with Crippen molar-refractivity contribution in [2.24, 2.45) is 7.05 Å². The first-order valence-electron chi connectivity index (χ1n) is 10.7. The van der Waals surface area contributed by atoms with Crippen molar-refractivity contribution in [3.8, 4) is 5.69 Å². The number of fused-ring (bicyclic) bond motifs is 8. The molecule has 0 spiro atoms. The lowest BCUT2D eigenvalue weighted by atomic mass is 10.0. The molecule has 0 aliphatic carbocycles. The number of para-hydroxylation sites is 2. The van der Waals surface area contributed by atoms with E-state index in [1.54, 1.807) is 0 Å². The van der Waals surface area contributed by atoms with Crippen LogP contribution in [0.2, 0.25) is 0 Å². The molecular formula is C29H20N2. The molecule has 0 atom stereocenters. The molecule has 0 amide bonds. The molecule has 0 unspecified atom stereocenters. The number of aromatic nitrogens is 2. The molecule has 0 aliphatic rings. The predicted octanol–water partition coefficient (Wildman–Crippen LogP) is 7.58. The average molecular weight is 396 g/mol. The summed E-state index contributed by atoms with van der Waals surface area (Å²) in [7, 11) is 2.17. The molecule has 2 heterocycles. The number of benzene rings is 5. The lowest BCUT2D eigenvalue weighted by Crippen LogP contribution is -1.94. The minimum absolute atomic E-state index is 1.20. The van der Waals surface area contributed by atoms with E-state index in [0.717, 1.165) is 0 Å². The van der Waals surface area contributed by atoms with E-state index < -0.39 is 0 Å². The fourth-order valence-corrected chi connectivity index (χ4v) is 5.31. The Morgan fingerprint density at radius 1 is 0.484 bits per heavy atom. The van der Waals surface area contributed by atoms with Gasteiger partial charge < -0.3 is 9.13 Å². The maximum Gasteiger partial charge on any atom is 0.0541 e.